The quantitative estimate of drug-likeness (QED) is 0.856. The Balaban J connectivity index is 2.21. The summed E-state index contributed by atoms with van der Waals surface area (Å²) in [6.45, 7) is 5.75. The molecule has 0 bridgehead atoms. The van der Waals surface area contributed by atoms with E-state index >= 15 is 0 Å². The molecule has 7 heteroatoms. The van der Waals surface area contributed by atoms with Crippen LogP contribution in [0.3, 0.4) is 0 Å². The average Bonchev–Trinajstić information content (AvgIpc) is 2.67. The molecular formula is C13H15N3O2S2. The maximum atomic E-state index is 10.8. The van der Waals surface area contributed by atoms with E-state index < -0.39 is 5.97 Å². The highest BCUT2D eigenvalue weighted by Crippen LogP contribution is 2.32. The van der Waals surface area contributed by atoms with Crippen molar-refractivity contribution in [1.82, 2.24) is 15.0 Å². The summed E-state index contributed by atoms with van der Waals surface area (Å²) in [5, 5.41) is 9.70. The largest absolute Gasteiger partial charge is 0.481 e. The van der Waals surface area contributed by atoms with Gasteiger partial charge in [0.05, 0.1) is 12.1 Å². The summed E-state index contributed by atoms with van der Waals surface area (Å²) in [7, 11) is 0. The van der Waals surface area contributed by atoms with E-state index in [9.17, 15) is 4.79 Å². The first-order chi connectivity index (χ1) is 9.47. The number of carbonyl (C=O) groups is 1. The Morgan fingerprint density at radius 1 is 1.35 bits per heavy atom. The van der Waals surface area contributed by atoms with Crippen molar-refractivity contribution in [3.8, 4) is 0 Å². The fourth-order valence-electron chi connectivity index (χ4n) is 1.67. The zero-order valence-electron chi connectivity index (χ0n) is 11.5. The number of thiazole rings is 1. The van der Waals surface area contributed by atoms with Crippen LogP contribution in [0.1, 0.15) is 29.0 Å². The number of hydrogen-bond acceptors (Lipinski definition) is 6. The van der Waals surface area contributed by atoms with Gasteiger partial charge in [-0.05, 0) is 38.1 Å². The molecule has 0 saturated carbocycles. The predicted molar refractivity (Wildman–Crippen MR) is 78.5 cm³/mol. The second-order valence-electron chi connectivity index (χ2n) is 4.26. The standard InChI is InChI=1S/C13H15N3O2S2/c1-4-9-5-11(16-8(3)15-9)20-13-14-7(2)10(19-13)6-12(17)18/h5H,4,6H2,1-3H3,(H,17,18). The Morgan fingerprint density at radius 2 is 2.10 bits per heavy atom. The van der Waals surface area contributed by atoms with Gasteiger partial charge in [0.1, 0.15) is 10.9 Å². The molecule has 0 saturated heterocycles. The normalized spacial score (nSPS) is 10.8. The number of hydrogen-bond donors (Lipinski definition) is 1. The molecule has 0 aliphatic heterocycles. The van der Waals surface area contributed by atoms with Gasteiger partial charge >= 0.3 is 5.97 Å². The third-order valence-corrected chi connectivity index (χ3v) is 4.74. The molecule has 5 nitrogen and oxygen atoms in total. The van der Waals surface area contributed by atoms with Crippen molar-refractivity contribution in [3.63, 3.8) is 0 Å². The molecule has 0 aromatic carbocycles. The van der Waals surface area contributed by atoms with E-state index in [0.717, 1.165) is 37.9 Å². The number of aliphatic carboxylic acids is 1. The minimum absolute atomic E-state index is 0.0209. The Labute approximate surface area is 125 Å². The molecule has 0 unspecified atom stereocenters. The number of rotatable bonds is 5. The molecule has 1 N–H and O–H groups in total. The van der Waals surface area contributed by atoms with Gasteiger partial charge in [0.15, 0.2) is 4.34 Å². The minimum atomic E-state index is -0.834. The van der Waals surface area contributed by atoms with Crippen molar-refractivity contribution in [3.05, 3.63) is 28.2 Å². The highest BCUT2D eigenvalue weighted by Gasteiger charge is 2.13. The van der Waals surface area contributed by atoms with Gasteiger partial charge in [-0.25, -0.2) is 15.0 Å². The zero-order valence-corrected chi connectivity index (χ0v) is 13.1. The number of carboxylic acids is 1. The molecule has 0 radical (unpaired) electrons. The average molecular weight is 309 g/mol. The van der Waals surface area contributed by atoms with Gasteiger partial charge in [0.2, 0.25) is 0 Å². The summed E-state index contributed by atoms with van der Waals surface area (Å²) in [5.41, 5.74) is 1.78. The van der Waals surface area contributed by atoms with Gasteiger partial charge in [-0.3, -0.25) is 4.79 Å². The van der Waals surface area contributed by atoms with E-state index in [1.165, 1.54) is 23.1 Å². The van der Waals surface area contributed by atoms with Crippen molar-refractivity contribution in [2.75, 3.05) is 0 Å². The molecule has 2 heterocycles. The first-order valence-corrected chi connectivity index (χ1v) is 7.81. The fourth-order valence-corrected chi connectivity index (χ4v) is 3.91. The van der Waals surface area contributed by atoms with Crippen LogP contribution in [0.2, 0.25) is 0 Å². The third-order valence-electron chi connectivity index (χ3n) is 2.61. The Hall–Kier alpha value is -1.47. The minimum Gasteiger partial charge on any atom is -0.481 e. The highest BCUT2D eigenvalue weighted by molar-refractivity contribution is 8.01. The Bertz CT molecular complexity index is 641. The zero-order chi connectivity index (χ0) is 14.7. The lowest BCUT2D eigenvalue weighted by molar-refractivity contribution is -0.136. The highest BCUT2D eigenvalue weighted by atomic mass is 32.2. The van der Waals surface area contributed by atoms with Crippen molar-refractivity contribution in [1.29, 1.82) is 0 Å². The monoisotopic (exact) mass is 309 g/mol. The van der Waals surface area contributed by atoms with E-state index in [0.29, 0.717) is 0 Å². The van der Waals surface area contributed by atoms with Crippen LogP contribution in [0.25, 0.3) is 0 Å². The number of aromatic nitrogens is 3. The topological polar surface area (TPSA) is 76.0 Å². The maximum absolute atomic E-state index is 10.8. The lowest BCUT2D eigenvalue weighted by Gasteiger charge is -2.02. The maximum Gasteiger partial charge on any atom is 0.308 e. The summed E-state index contributed by atoms with van der Waals surface area (Å²) < 4.78 is 0.818. The molecular weight excluding hydrogens is 294 g/mol. The fraction of sp³-hybridized carbons (Fsp3) is 0.385. The van der Waals surface area contributed by atoms with Crippen molar-refractivity contribution in [2.45, 2.75) is 43.0 Å². The first-order valence-electron chi connectivity index (χ1n) is 6.18. The van der Waals surface area contributed by atoms with E-state index in [4.69, 9.17) is 5.11 Å². The molecule has 2 aromatic rings. The van der Waals surface area contributed by atoms with E-state index in [-0.39, 0.29) is 6.42 Å². The second kappa shape index (κ2) is 6.32. The molecule has 2 rings (SSSR count). The summed E-state index contributed by atoms with van der Waals surface area (Å²) in [5.74, 6) is -0.0923. The van der Waals surface area contributed by atoms with E-state index in [1.807, 2.05) is 19.9 Å². The van der Waals surface area contributed by atoms with Crippen LogP contribution in [0.4, 0.5) is 0 Å². The molecule has 0 fully saturated rings. The van der Waals surface area contributed by atoms with Crippen LogP contribution in [0.5, 0.6) is 0 Å². The van der Waals surface area contributed by atoms with E-state index in [1.54, 1.807) is 0 Å². The van der Waals surface area contributed by atoms with Crippen molar-refractivity contribution in [2.24, 2.45) is 0 Å². The second-order valence-corrected chi connectivity index (χ2v) is 6.61. The summed E-state index contributed by atoms with van der Waals surface area (Å²) in [6.07, 6.45) is 0.880. The van der Waals surface area contributed by atoms with Gasteiger partial charge in [0, 0.05) is 10.6 Å². The lowest BCUT2D eigenvalue weighted by Crippen LogP contribution is -1.99. The van der Waals surface area contributed by atoms with Crippen LogP contribution in [-0.2, 0) is 17.6 Å². The predicted octanol–water partition coefficient (Wildman–Crippen LogP) is 2.89. The lowest BCUT2D eigenvalue weighted by atomic mass is 10.3. The number of carboxylic acid groups (broad SMARTS) is 1. The summed E-state index contributed by atoms with van der Waals surface area (Å²) in [6, 6.07) is 1.95. The molecule has 2 aromatic heterocycles. The molecule has 20 heavy (non-hydrogen) atoms. The summed E-state index contributed by atoms with van der Waals surface area (Å²) in [4.78, 5) is 24.7. The van der Waals surface area contributed by atoms with Crippen molar-refractivity contribution < 1.29 is 9.90 Å². The first kappa shape index (κ1) is 14.9. The third kappa shape index (κ3) is 3.77. The van der Waals surface area contributed by atoms with Gasteiger partial charge in [-0.2, -0.15) is 0 Å². The van der Waals surface area contributed by atoms with Gasteiger partial charge in [-0.1, -0.05) is 6.92 Å². The SMILES string of the molecule is CCc1cc(Sc2nc(C)c(CC(=O)O)s2)nc(C)n1. The van der Waals surface area contributed by atoms with Crippen LogP contribution >= 0.6 is 23.1 Å². The van der Waals surface area contributed by atoms with Crippen LogP contribution in [0.15, 0.2) is 15.4 Å². The van der Waals surface area contributed by atoms with Crippen LogP contribution in [-0.4, -0.2) is 26.0 Å². The molecule has 0 aliphatic carbocycles. The molecule has 0 amide bonds. The number of nitrogens with zero attached hydrogens (tertiary/aromatic N) is 3. The van der Waals surface area contributed by atoms with E-state index in [2.05, 4.69) is 21.9 Å². The van der Waals surface area contributed by atoms with Gasteiger partial charge in [-0.15, -0.1) is 11.3 Å². The van der Waals surface area contributed by atoms with Gasteiger partial charge in [0.25, 0.3) is 0 Å². The summed E-state index contributed by atoms with van der Waals surface area (Å²) >= 11 is 2.87. The molecule has 0 atom stereocenters. The Kier molecular flexibility index (Phi) is 4.72. The van der Waals surface area contributed by atoms with Crippen molar-refractivity contribution >= 4 is 29.1 Å². The van der Waals surface area contributed by atoms with Crippen LogP contribution in [0, 0.1) is 13.8 Å². The van der Waals surface area contributed by atoms with Crippen LogP contribution < -0.4 is 0 Å². The molecule has 0 aliphatic rings. The Morgan fingerprint density at radius 3 is 2.75 bits per heavy atom. The molecule has 106 valence electrons. The number of aryl methyl sites for hydroxylation is 3. The smallest absolute Gasteiger partial charge is 0.308 e. The van der Waals surface area contributed by atoms with Gasteiger partial charge < -0.3 is 5.11 Å². The molecule has 0 spiro atoms.